The number of carbonyl (C=O) groups excluding carboxylic acids is 1. The highest BCUT2D eigenvalue weighted by atomic mass is 16.4. The second-order valence-electron chi connectivity index (χ2n) is 7.47. The van der Waals surface area contributed by atoms with Crippen LogP contribution in [0.1, 0.15) is 51.9 Å². The van der Waals surface area contributed by atoms with Gasteiger partial charge in [-0.3, -0.25) is 0 Å². The molecule has 0 aliphatic heterocycles. The molecule has 0 bridgehead atoms. The average molecular weight is 347 g/mol. The maximum absolute atomic E-state index is 10.5. The van der Waals surface area contributed by atoms with Gasteiger partial charge in [0.15, 0.2) is 0 Å². The zero-order valence-electron chi connectivity index (χ0n) is 15.6. The van der Waals surface area contributed by atoms with Crippen molar-refractivity contribution in [1.82, 2.24) is 0 Å². The Morgan fingerprint density at radius 1 is 1.12 bits per heavy atom. The van der Waals surface area contributed by atoms with Crippen LogP contribution >= 0.6 is 0 Å². The number of carbonyl (C=O) groups is 1. The Bertz CT molecular complexity index is 327. The third-order valence-electron chi connectivity index (χ3n) is 4.91. The molecule has 0 spiro atoms. The van der Waals surface area contributed by atoms with Gasteiger partial charge in [0.05, 0.1) is 33.4 Å². The number of aliphatic hydroxyl groups excluding tert-OH is 3. The number of quaternary nitrogens is 1. The normalized spacial score (nSPS) is 23.7. The van der Waals surface area contributed by atoms with Crippen LogP contribution in [-0.2, 0) is 4.79 Å². The molecular weight excluding hydrogens is 310 g/mol. The minimum atomic E-state index is -0.977. The lowest BCUT2D eigenvalue weighted by Gasteiger charge is -2.27. The number of carboxylic acid groups (broad SMARTS) is 1. The maximum atomic E-state index is 10.5. The third-order valence-corrected chi connectivity index (χ3v) is 4.91. The van der Waals surface area contributed by atoms with Gasteiger partial charge in [0.25, 0.3) is 0 Å². The van der Waals surface area contributed by atoms with Crippen LogP contribution in [0.25, 0.3) is 0 Å². The van der Waals surface area contributed by atoms with Crippen molar-refractivity contribution in [3.8, 4) is 0 Å². The molecule has 0 aromatic heterocycles. The van der Waals surface area contributed by atoms with Gasteiger partial charge in [-0.1, -0.05) is 26.2 Å². The molecule has 3 unspecified atom stereocenters. The Kier molecular flexibility index (Phi) is 12.3. The molecule has 0 heterocycles. The molecule has 0 amide bonds. The maximum Gasteiger partial charge on any atom is 0.102 e. The summed E-state index contributed by atoms with van der Waals surface area (Å²) in [5.41, 5.74) is 0. The second kappa shape index (κ2) is 12.6. The van der Waals surface area contributed by atoms with Crippen LogP contribution in [0.15, 0.2) is 0 Å². The monoisotopic (exact) mass is 347 g/mol. The summed E-state index contributed by atoms with van der Waals surface area (Å²) in [5, 5.41) is 37.4. The summed E-state index contributed by atoms with van der Waals surface area (Å²) in [6.07, 6.45) is 5.82. The van der Waals surface area contributed by atoms with Crippen LogP contribution in [0.2, 0.25) is 0 Å². The number of carboxylic acids is 1. The van der Waals surface area contributed by atoms with Gasteiger partial charge in [0.1, 0.15) is 13.1 Å². The first-order valence-electron chi connectivity index (χ1n) is 9.19. The Labute approximate surface area is 146 Å². The molecule has 144 valence electrons. The smallest absolute Gasteiger partial charge is 0.102 e. The molecule has 1 rings (SSSR count). The molecule has 1 aliphatic rings. The lowest BCUT2D eigenvalue weighted by molar-refractivity contribution is -0.890. The number of aliphatic carboxylic acids is 1. The van der Waals surface area contributed by atoms with Crippen LogP contribution < -0.4 is 5.11 Å². The second-order valence-corrected chi connectivity index (χ2v) is 7.47. The highest BCUT2D eigenvalue weighted by molar-refractivity contribution is 5.64. The van der Waals surface area contributed by atoms with Crippen molar-refractivity contribution in [1.29, 1.82) is 0 Å². The summed E-state index contributed by atoms with van der Waals surface area (Å²) < 4.78 is 0.688. The van der Waals surface area contributed by atoms with Crippen LogP contribution in [0.5, 0.6) is 0 Å². The van der Waals surface area contributed by atoms with Crippen molar-refractivity contribution >= 4 is 5.97 Å². The minimum Gasteiger partial charge on any atom is -0.550 e. The van der Waals surface area contributed by atoms with Crippen LogP contribution in [0.4, 0.5) is 0 Å². The minimum absolute atomic E-state index is 0.119. The average Bonchev–Trinajstić information content (AvgIpc) is 2.80. The molecule has 6 nitrogen and oxygen atoms in total. The quantitative estimate of drug-likeness (QED) is 0.385. The summed E-state index contributed by atoms with van der Waals surface area (Å²) in [7, 11) is 3.96. The number of hydrogen-bond donors (Lipinski definition) is 3. The number of nitrogens with zero attached hydrogens (tertiary/aromatic N) is 1. The largest absolute Gasteiger partial charge is 0.550 e. The van der Waals surface area contributed by atoms with E-state index in [1.165, 1.54) is 6.42 Å². The fraction of sp³-hybridized carbons (Fsp3) is 0.944. The predicted octanol–water partition coefficient (Wildman–Crippen LogP) is 0.141. The molecule has 1 saturated carbocycles. The Hall–Kier alpha value is -0.690. The van der Waals surface area contributed by atoms with Crippen LogP contribution in [0, 0.1) is 11.8 Å². The van der Waals surface area contributed by atoms with Gasteiger partial charge in [-0.25, -0.2) is 0 Å². The lowest BCUT2D eigenvalue weighted by atomic mass is 9.87. The molecule has 3 N–H and O–H groups in total. The molecule has 0 aromatic carbocycles. The summed E-state index contributed by atoms with van der Waals surface area (Å²) in [5.74, 6) is -0.647. The zero-order chi connectivity index (χ0) is 18.6. The molecule has 0 aromatic rings. The number of rotatable bonds is 10. The van der Waals surface area contributed by atoms with Crippen molar-refractivity contribution in [2.75, 3.05) is 40.4 Å². The van der Waals surface area contributed by atoms with Gasteiger partial charge in [-0.15, -0.1) is 0 Å². The van der Waals surface area contributed by atoms with E-state index in [0.29, 0.717) is 17.6 Å². The van der Waals surface area contributed by atoms with E-state index in [9.17, 15) is 15.0 Å². The summed E-state index contributed by atoms with van der Waals surface area (Å²) >= 11 is 0. The molecule has 0 radical (unpaired) electrons. The van der Waals surface area contributed by atoms with Gasteiger partial charge in [0.2, 0.25) is 0 Å². The first-order valence-corrected chi connectivity index (χ1v) is 9.19. The van der Waals surface area contributed by atoms with Crippen molar-refractivity contribution in [3.63, 3.8) is 0 Å². The van der Waals surface area contributed by atoms with Gasteiger partial charge in [0, 0.05) is 5.97 Å². The molecular formula is C18H37NO5. The topological polar surface area (TPSA) is 101 Å². The van der Waals surface area contributed by atoms with E-state index in [4.69, 9.17) is 10.2 Å². The Balaban J connectivity index is 0.000000506. The Morgan fingerprint density at radius 2 is 1.71 bits per heavy atom. The Morgan fingerprint density at radius 3 is 2.17 bits per heavy atom. The van der Waals surface area contributed by atoms with Gasteiger partial charge < -0.3 is 29.7 Å². The van der Waals surface area contributed by atoms with E-state index < -0.39 is 5.97 Å². The molecule has 1 fully saturated rings. The fourth-order valence-electron chi connectivity index (χ4n) is 3.31. The van der Waals surface area contributed by atoms with Crippen molar-refractivity contribution < 1.29 is 29.7 Å². The summed E-state index contributed by atoms with van der Waals surface area (Å²) in [4.78, 5) is 10.5. The third kappa shape index (κ3) is 10.2. The van der Waals surface area contributed by atoms with Gasteiger partial charge >= 0.3 is 0 Å². The lowest BCUT2D eigenvalue weighted by Crippen LogP contribution is -2.43. The van der Waals surface area contributed by atoms with E-state index in [2.05, 4.69) is 6.92 Å². The van der Waals surface area contributed by atoms with Crippen LogP contribution in [-0.4, -0.2) is 72.3 Å². The van der Waals surface area contributed by atoms with E-state index >= 15 is 0 Å². The highest BCUT2D eigenvalue weighted by Crippen LogP contribution is 2.37. The molecule has 3 atom stereocenters. The van der Waals surface area contributed by atoms with Gasteiger partial charge in [-0.2, -0.15) is 0 Å². The van der Waals surface area contributed by atoms with E-state index in [0.717, 1.165) is 32.1 Å². The van der Waals surface area contributed by atoms with E-state index in [1.54, 1.807) is 0 Å². The van der Waals surface area contributed by atoms with Gasteiger partial charge in [-0.05, 0) is 37.5 Å². The summed E-state index contributed by atoms with van der Waals surface area (Å²) in [6.45, 7) is 3.94. The SMILES string of the molecule is CCCCCC1C(O)CCC1CC(=O)[O-].C[N+](C)(CCO)CCO. The highest BCUT2D eigenvalue weighted by Gasteiger charge is 2.33. The zero-order valence-corrected chi connectivity index (χ0v) is 15.6. The summed E-state index contributed by atoms with van der Waals surface area (Å²) in [6, 6.07) is 0. The molecule has 6 heteroatoms. The molecule has 1 aliphatic carbocycles. The number of likely N-dealkylation sites (N-methyl/N-ethyl adjacent to an activating group) is 1. The fourth-order valence-corrected chi connectivity index (χ4v) is 3.31. The van der Waals surface area contributed by atoms with Crippen molar-refractivity contribution in [3.05, 3.63) is 0 Å². The van der Waals surface area contributed by atoms with E-state index in [1.807, 2.05) is 14.1 Å². The van der Waals surface area contributed by atoms with Crippen molar-refractivity contribution in [2.45, 2.75) is 58.0 Å². The first kappa shape index (κ1) is 23.3. The van der Waals surface area contributed by atoms with Crippen LogP contribution in [0.3, 0.4) is 0 Å². The number of aliphatic hydroxyl groups is 3. The number of hydrogen-bond acceptors (Lipinski definition) is 5. The molecule has 24 heavy (non-hydrogen) atoms. The predicted molar refractivity (Wildman–Crippen MR) is 92.0 cm³/mol. The number of unbranched alkanes of at least 4 members (excludes halogenated alkanes) is 2. The van der Waals surface area contributed by atoms with E-state index in [-0.39, 0.29) is 37.6 Å². The first-order chi connectivity index (χ1) is 11.3. The standard InChI is InChI=1S/C12H22O3.C6H16NO2/c1-2-3-4-5-10-9(8-12(14)15)6-7-11(10)13;1-7(2,3-5-8)4-6-9/h9-11,13H,2-8H2,1H3,(H,14,15);8-9H,3-6H2,1-2H3/q;+1/p-1. The molecule has 0 saturated heterocycles. The van der Waals surface area contributed by atoms with Crippen molar-refractivity contribution in [2.24, 2.45) is 11.8 Å².